The van der Waals surface area contributed by atoms with Crippen molar-refractivity contribution in [1.29, 1.82) is 0 Å². The van der Waals surface area contributed by atoms with Crippen LogP contribution in [0.5, 0.6) is 5.75 Å². The first-order valence-electron chi connectivity index (χ1n) is 7.53. The van der Waals surface area contributed by atoms with Crippen molar-refractivity contribution in [3.8, 4) is 5.75 Å². The van der Waals surface area contributed by atoms with Crippen molar-refractivity contribution in [2.24, 2.45) is 5.73 Å². The highest BCUT2D eigenvalue weighted by Gasteiger charge is 2.17. The number of ether oxygens (including phenoxy) is 1. The molecule has 1 fully saturated rings. The summed E-state index contributed by atoms with van der Waals surface area (Å²) in [5.41, 5.74) is 6.89. The minimum absolute atomic E-state index is 0. The normalized spacial score (nSPS) is 16.3. The smallest absolute Gasteiger partial charge is 0.260 e. The van der Waals surface area contributed by atoms with Crippen molar-refractivity contribution in [1.82, 2.24) is 4.90 Å². The molecule has 1 aromatic rings. The molecule has 0 aromatic heterocycles. The average Bonchev–Trinajstić information content (AvgIpc) is 2.59. The van der Waals surface area contributed by atoms with Crippen LogP contribution in [0.1, 0.15) is 23.5 Å². The van der Waals surface area contributed by atoms with Crippen LogP contribution in [0.15, 0.2) is 24.3 Å². The SMILES string of the molecule is CC(CN)N(C)C(=O)COc1ccc(C2SCCCS2)cc1.Cl. The predicted octanol–water partition coefficient (Wildman–Crippen LogP) is 3.16. The van der Waals surface area contributed by atoms with E-state index in [9.17, 15) is 4.79 Å². The van der Waals surface area contributed by atoms with Gasteiger partial charge in [-0.2, -0.15) is 0 Å². The number of carbonyl (C=O) groups excluding carboxylic acids is 1. The van der Waals surface area contributed by atoms with Crippen LogP contribution >= 0.6 is 35.9 Å². The van der Waals surface area contributed by atoms with Gasteiger partial charge in [0.25, 0.3) is 5.91 Å². The number of nitrogens with two attached hydrogens (primary N) is 1. The number of thioether (sulfide) groups is 2. The molecule has 7 heteroatoms. The lowest BCUT2D eigenvalue weighted by molar-refractivity contribution is -0.133. The van der Waals surface area contributed by atoms with Crippen LogP contribution < -0.4 is 10.5 Å². The van der Waals surface area contributed by atoms with Crippen molar-refractivity contribution in [2.45, 2.75) is 24.0 Å². The molecule has 4 nitrogen and oxygen atoms in total. The molecule has 2 N–H and O–H groups in total. The van der Waals surface area contributed by atoms with Gasteiger partial charge in [-0.05, 0) is 42.5 Å². The summed E-state index contributed by atoms with van der Waals surface area (Å²) in [5.74, 6) is 3.14. The highest BCUT2D eigenvalue weighted by atomic mass is 35.5. The summed E-state index contributed by atoms with van der Waals surface area (Å²) in [4.78, 5) is 13.6. The van der Waals surface area contributed by atoms with Gasteiger partial charge in [0.2, 0.25) is 0 Å². The zero-order chi connectivity index (χ0) is 15.9. The first-order chi connectivity index (χ1) is 10.6. The number of benzene rings is 1. The molecule has 0 radical (unpaired) electrons. The zero-order valence-electron chi connectivity index (χ0n) is 13.6. The molecule has 1 aliphatic rings. The maximum absolute atomic E-state index is 12.0. The van der Waals surface area contributed by atoms with Crippen molar-refractivity contribution >= 4 is 41.8 Å². The van der Waals surface area contributed by atoms with Gasteiger partial charge in [0.1, 0.15) is 5.75 Å². The average molecular weight is 377 g/mol. The molecule has 1 heterocycles. The molecule has 1 aliphatic heterocycles. The lowest BCUT2D eigenvalue weighted by Crippen LogP contribution is -2.42. The highest BCUT2D eigenvalue weighted by molar-refractivity contribution is 8.16. The van der Waals surface area contributed by atoms with E-state index < -0.39 is 0 Å². The highest BCUT2D eigenvalue weighted by Crippen LogP contribution is 2.43. The predicted molar refractivity (Wildman–Crippen MR) is 103 cm³/mol. The van der Waals surface area contributed by atoms with Crippen LogP contribution in [0.2, 0.25) is 0 Å². The Kier molecular flexibility index (Phi) is 9.20. The fourth-order valence-electron chi connectivity index (χ4n) is 2.05. The van der Waals surface area contributed by atoms with Gasteiger partial charge in [0.05, 0.1) is 4.58 Å². The quantitative estimate of drug-likeness (QED) is 0.826. The maximum Gasteiger partial charge on any atom is 0.260 e. The second-order valence-corrected chi connectivity index (χ2v) is 8.10. The Morgan fingerprint density at radius 2 is 1.96 bits per heavy atom. The molecule has 0 bridgehead atoms. The Bertz CT molecular complexity index is 481. The summed E-state index contributed by atoms with van der Waals surface area (Å²) < 4.78 is 6.11. The summed E-state index contributed by atoms with van der Waals surface area (Å²) in [6.45, 7) is 2.42. The van der Waals surface area contributed by atoms with Crippen molar-refractivity contribution in [2.75, 3.05) is 31.7 Å². The van der Waals surface area contributed by atoms with Crippen LogP contribution in [0, 0.1) is 0 Å². The third-order valence-corrected chi connectivity index (χ3v) is 6.75. The Labute approximate surface area is 153 Å². The topological polar surface area (TPSA) is 55.6 Å². The number of amides is 1. The summed E-state index contributed by atoms with van der Waals surface area (Å²) >= 11 is 4.00. The van der Waals surface area contributed by atoms with E-state index in [4.69, 9.17) is 10.5 Å². The van der Waals surface area contributed by atoms with Crippen molar-refractivity contribution in [3.63, 3.8) is 0 Å². The molecular formula is C16H25ClN2O2S2. The molecular weight excluding hydrogens is 352 g/mol. The summed E-state index contributed by atoms with van der Waals surface area (Å²) in [5, 5.41) is 0. The molecule has 1 aromatic carbocycles. The second-order valence-electron chi connectivity index (χ2n) is 5.37. The molecule has 1 atom stereocenters. The van der Waals surface area contributed by atoms with Gasteiger partial charge < -0.3 is 15.4 Å². The molecule has 0 spiro atoms. The van der Waals surface area contributed by atoms with Gasteiger partial charge in [-0.1, -0.05) is 12.1 Å². The van der Waals surface area contributed by atoms with E-state index in [2.05, 4.69) is 12.1 Å². The third-order valence-electron chi connectivity index (χ3n) is 3.74. The number of halogens is 1. The maximum atomic E-state index is 12.0. The number of rotatable bonds is 6. The standard InChI is InChI=1S/C16H24N2O2S2.ClH/c1-12(10-17)18(2)15(19)11-20-14-6-4-13(5-7-14)16-21-8-3-9-22-16;/h4-7,12,16H,3,8-11,17H2,1-2H3;1H. The largest absolute Gasteiger partial charge is 0.484 e. The molecule has 1 unspecified atom stereocenters. The van der Waals surface area contributed by atoms with E-state index in [0.29, 0.717) is 11.1 Å². The number of likely N-dealkylation sites (N-methyl/N-ethyl adjacent to an activating group) is 1. The molecule has 0 aliphatic carbocycles. The minimum Gasteiger partial charge on any atom is -0.484 e. The molecule has 1 saturated heterocycles. The third kappa shape index (κ3) is 6.10. The van der Waals surface area contributed by atoms with Crippen LogP contribution in [-0.4, -0.2) is 48.6 Å². The molecule has 2 rings (SSSR count). The molecule has 1 amide bonds. The summed E-state index contributed by atoms with van der Waals surface area (Å²) in [7, 11) is 1.75. The number of hydrogen-bond donors (Lipinski definition) is 1. The summed E-state index contributed by atoms with van der Waals surface area (Å²) in [6.07, 6.45) is 1.30. The van der Waals surface area contributed by atoms with Crippen LogP contribution in [-0.2, 0) is 4.79 Å². The molecule has 23 heavy (non-hydrogen) atoms. The lowest BCUT2D eigenvalue weighted by atomic mass is 10.2. The second kappa shape index (κ2) is 10.3. The van der Waals surface area contributed by atoms with E-state index in [1.807, 2.05) is 42.6 Å². The first-order valence-corrected chi connectivity index (χ1v) is 9.63. The van der Waals surface area contributed by atoms with Crippen molar-refractivity contribution < 1.29 is 9.53 Å². The Morgan fingerprint density at radius 1 is 1.35 bits per heavy atom. The van der Waals surface area contributed by atoms with Crippen LogP contribution in [0.25, 0.3) is 0 Å². The Hall–Kier alpha value is -0.560. The van der Waals surface area contributed by atoms with Gasteiger partial charge in [0.15, 0.2) is 6.61 Å². The van der Waals surface area contributed by atoms with Crippen LogP contribution in [0.4, 0.5) is 0 Å². The zero-order valence-corrected chi connectivity index (χ0v) is 16.0. The van der Waals surface area contributed by atoms with E-state index >= 15 is 0 Å². The number of nitrogens with zero attached hydrogens (tertiary/aromatic N) is 1. The minimum atomic E-state index is -0.0552. The first kappa shape index (κ1) is 20.5. The monoisotopic (exact) mass is 376 g/mol. The van der Waals surface area contributed by atoms with E-state index in [1.165, 1.54) is 23.5 Å². The van der Waals surface area contributed by atoms with Gasteiger partial charge in [-0.25, -0.2) is 0 Å². The number of hydrogen-bond acceptors (Lipinski definition) is 5. The van der Waals surface area contributed by atoms with E-state index in [1.54, 1.807) is 11.9 Å². The fraction of sp³-hybridized carbons (Fsp3) is 0.562. The van der Waals surface area contributed by atoms with Gasteiger partial charge in [-0.3, -0.25) is 4.79 Å². The van der Waals surface area contributed by atoms with E-state index in [-0.39, 0.29) is 31.0 Å². The summed E-state index contributed by atoms with van der Waals surface area (Å²) in [6, 6.07) is 8.12. The Morgan fingerprint density at radius 3 is 2.52 bits per heavy atom. The van der Waals surface area contributed by atoms with Gasteiger partial charge in [0, 0.05) is 19.6 Å². The fourth-order valence-corrected chi connectivity index (χ4v) is 4.95. The lowest BCUT2D eigenvalue weighted by Gasteiger charge is -2.23. The molecule has 0 saturated carbocycles. The number of carbonyl (C=O) groups is 1. The van der Waals surface area contributed by atoms with Crippen molar-refractivity contribution in [3.05, 3.63) is 29.8 Å². The molecule has 130 valence electrons. The van der Waals surface area contributed by atoms with Crippen LogP contribution in [0.3, 0.4) is 0 Å². The Balaban J connectivity index is 0.00000264. The van der Waals surface area contributed by atoms with Gasteiger partial charge in [-0.15, -0.1) is 35.9 Å². The van der Waals surface area contributed by atoms with Gasteiger partial charge >= 0.3 is 0 Å². The van der Waals surface area contributed by atoms with E-state index in [0.717, 1.165) is 5.75 Å².